The van der Waals surface area contributed by atoms with Crippen LogP contribution in [0.5, 0.6) is 0 Å². The number of ether oxygens (including phenoxy) is 1. The predicted molar refractivity (Wildman–Crippen MR) is 124 cm³/mol. The Morgan fingerprint density at radius 1 is 1.17 bits per heavy atom. The second kappa shape index (κ2) is 8.76. The number of hydrogen-bond acceptors (Lipinski definition) is 3. The molecule has 4 rings (SSSR count). The summed E-state index contributed by atoms with van der Waals surface area (Å²) in [6, 6.07) is 16.1. The molecule has 0 unspecified atom stereocenters. The maximum atomic E-state index is 6.27. The summed E-state index contributed by atoms with van der Waals surface area (Å²) in [5.74, 6) is 0. The largest absolute Gasteiger partial charge is 0.383 e. The summed E-state index contributed by atoms with van der Waals surface area (Å²) < 4.78 is 7.60. The van der Waals surface area contributed by atoms with Crippen LogP contribution in [-0.2, 0) is 4.74 Å². The average molecular weight is 441 g/mol. The molecule has 5 nitrogen and oxygen atoms in total. The molecule has 30 heavy (non-hydrogen) atoms. The van der Waals surface area contributed by atoms with Crippen molar-refractivity contribution in [3.8, 4) is 5.69 Å². The van der Waals surface area contributed by atoms with E-state index in [0.717, 1.165) is 32.9 Å². The van der Waals surface area contributed by atoms with Crippen LogP contribution in [0.4, 0.5) is 0 Å². The van der Waals surface area contributed by atoms with E-state index in [1.807, 2.05) is 42.6 Å². The Hall–Kier alpha value is -2.41. The molecule has 0 amide bonds. The molecule has 3 aromatic rings. The van der Waals surface area contributed by atoms with Crippen LogP contribution in [0.15, 0.2) is 54.7 Å². The Labute approximate surface area is 187 Å². The van der Waals surface area contributed by atoms with E-state index in [1.54, 1.807) is 7.11 Å². The summed E-state index contributed by atoms with van der Waals surface area (Å²) in [6.45, 7) is 5.57. The number of thiocarbonyl (C=S) groups is 1. The lowest BCUT2D eigenvalue weighted by atomic mass is 9.97. The summed E-state index contributed by atoms with van der Waals surface area (Å²) >= 11 is 12.0. The molecule has 0 spiro atoms. The Morgan fingerprint density at radius 3 is 2.70 bits per heavy atom. The first-order valence-electron chi connectivity index (χ1n) is 9.93. The highest BCUT2D eigenvalue weighted by molar-refractivity contribution is 7.80. The molecule has 1 aliphatic heterocycles. The molecular weight excluding hydrogens is 416 g/mol. The minimum Gasteiger partial charge on any atom is -0.383 e. The van der Waals surface area contributed by atoms with Crippen LogP contribution in [-0.4, -0.2) is 39.8 Å². The van der Waals surface area contributed by atoms with Crippen LogP contribution < -0.4 is 5.32 Å². The Morgan fingerprint density at radius 2 is 2.00 bits per heavy atom. The van der Waals surface area contributed by atoms with Gasteiger partial charge in [0, 0.05) is 41.9 Å². The predicted octanol–water partition coefficient (Wildman–Crippen LogP) is 4.76. The molecular formula is C23H25ClN4OS. The average Bonchev–Trinajstić information content (AvgIpc) is 3.22. The maximum Gasteiger partial charge on any atom is 0.170 e. The lowest BCUT2D eigenvalue weighted by molar-refractivity contribution is 0.164. The molecule has 3 heterocycles. The van der Waals surface area contributed by atoms with E-state index >= 15 is 0 Å². The van der Waals surface area contributed by atoms with Gasteiger partial charge in [0.15, 0.2) is 5.11 Å². The number of hydrogen-bond donors (Lipinski definition) is 1. The van der Waals surface area contributed by atoms with E-state index in [1.165, 1.54) is 5.56 Å². The van der Waals surface area contributed by atoms with Gasteiger partial charge in [0.2, 0.25) is 0 Å². The van der Waals surface area contributed by atoms with Gasteiger partial charge < -0.3 is 19.5 Å². The first-order valence-corrected chi connectivity index (χ1v) is 10.7. The number of rotatable bonds is 6. The van der Waals surface area contributed by atoms with E-state index < -0.39 is 0 Å². The summed E-state index contributed by atoms with van der Waals surface area (Å²) in [5, 5.41) is 4.93. The van der Waals surface area contributed by atoms with Crippen molar-refractivity contribution in [3.63, 3.8) is 0 Å². The van der Waals surface area contributed by atoms with Crippen molar-refractivity contribution >= 4 is 28.9 Å². The van der Waals surface area contributed by atoms with Gasteiger partial charge in [0.05, 0.1) is 24.4 Å². The van der Waals surface area contributed by atoms with Gasteiger partial charge in [-0.25, -0.2) is 0 Å². The normalized spacial score (nSPS) is 18.7. The number of halogens is 1. The molecule has 1 N–H and O–H groups in total. The molecule has 1 saturated heterocycles. The molecule has 0 aliphatic carbocycles. The number of nitrogens with one attached hydrogen (secondary N) is 1. The SMILES string of the molecule is COCCN1C(=S)N[C@H](c2ccccn2)[C@@H]1c1cc(C)n(-c2cccc(Cl)c2)c1C. The number of nitrogens with zero attached hydrogens (tertiary/aromatic N) is 3. The van der Waals surface area contributed by atoms with Crippen LogP contribution in [0, 0.1) is 13.8 Å². The van der Waals surface area contributed by atoms with Crippen molar-refractivity contribution in [1.82, 2.24) is 19.8 Å². The van der Waals surface area contributed by atoms with E-state index in [9.17, 15) is 0 Å². The topological polar surface area (TPSA) is 42.3 Å². The second-order valence-electron chi connectivity index (χ2n) is 7.45. The molecule has 0 radical (unpaired) electrons. The summed E-state index contributed by atoms with van der Waals surface area (Å²) in [4.78, 5) is 6.82. The first kappa shape index (κ1) is 20.8. The highest BCUT2D eigenvalue weighted by Gasteiger charge is 2.41. The van der Waals surface area contributed by atoms with Gasteiger partial charge >= 0.3 is 0 Å². The van der Waals surface area contributed by atoms with Crippen molar-refractivity contribution in [2.75, 3.05) is 20.3 Å². The Balaban J connectivity index is 1.82. The van der Waals surface area contributed by atoms with Crippen molar-refractivity contribution in [2.45, 2.75) is 25.9 Å². The van der Waals surface area contributed by atoms with Gasteiger partial charge in [0.1, 0.15) is 0 Å². The van der Waals surface area contributed by atoms with Crippen molar-refractivity contribution in [3.05, 3.63) is 82.4 Å². The number of aryl methyl sites for hydroxylation is 1. The van der Waals surface area contributed by atoms with E-state index in [0.29, 0.717) is 13.2 Å². The fourth-order valence-electron chi connectivity index (χ4n) is 4.27. The molecule has 7 heteroatoms. The van der Waals surface area contributed by atoms with E-state index in [-0.39, 0.29) is 12.1 Å². The molecule has 2 atom stereocenters. The highest BCUT2D eigenvalue weighted by Crippen LogP contribution is 2.41. The number of aromatic nitrogens is 2. The Bertz CT molecular complexity index is 1050. The molecule has 0 saturated carbocycles. The number of methoxy groups -OCH3 is 1. The van der Waals surface area contributed by atoms with Crippen LogP contribution in [0.3, 0.4) is 0 Å². The van der Waals surface area contributed by atoms with Gasteiger partial charge in [-0.15, -0.1) is 0 Å². The van der Waals surface area contributed by atoms with Crippen molar-refractivity contribution in [2.24, 2.45) is 0 Å². The van der Waals surface area contributed by atoms with Crippen LogP contribution in [0.25, 0.3) is 5.69 Å². The summed E-state index contributed by atoms with van der Waals surface area (Å²) in [6.07, 6.45) is 1.82. The Kier molecular flexibility index (Phi) is 6.09. The molecule has 156 valence electrons. The standard InChI is InChI=1S/C23H25ClN4OS/c1-15-13-19(16(2)28(15)18-8-6-7-17(24)14-18)22-21(20-9-4-5-10-25-20)26-23(30)27(22)11-12-29-3/h4-10,13-14,21-22H,11-12H2,1-3H3,(H,26,30)/t21-,22+/m1/s1. The molecule has 1 aliphatic rings. The molecule has 1 aromatic carbocycles. The summed E-state index contributed by atoms with van der Waals surface area (Å²) in [7, 11) is 1.71. The minimum absolute atomic E-state index is 0.0154. The third kappa shape index (κ3) is 3.83. The highest BCUT2D eigenvalue weighted by atomic mass is 35.5. The second-order valence-corrected chi connectivity index (χ2v) is 8.28. The van der Waals surface area contributed by atoms with Gasteiger partial charge in [-0.1, -0.05) is 23.7 Å². The third-order valence-corrected chi connectivity index (χ3v) is 6.18. The molecule has 0 bridgehead atoms. The fraction of sp³-hybridized carbons (Fsp3) is 0.304. The van der Waals surface area contributed by atoms with Gasteiger partial charge in [-0.3, -0.25) is 4.98 Å². The monoisotopic (exact) mass is 440 g/mol. The number of pyridine rings is 1. The minimum atomic E-state index is -0.0381. The first-order chi connectivity index (χ1) is 14.5. The summed E-state index contributed by atoms with van der Waals surface area (Å²) in [5.41, 5.74) is 5.54. The lowest BCUT2D eigenvalue weighted by Gasteiger charge is -2.28. The lowest BCUT2D eigenvalue weighted by Crippen LogP contribution is -2.32. The zero-order valence-corrected chi connectivity index (χ0v) is 18.9. The molecule has 1 fully saturated rings. The van der Waals surface area contributed by atoms with Gasteiger partial charge in [0.25, 0.3) is 0 Å². The fourth-order valence-corrected chi connectivity index (χ4v) is 4.79. The molecule has 2 aromatic heterocycles. The quantitative estimate of drug-likeness (QED) is 0.559. The van der Waals surface area contributed by atoms with Crippen molar-refractivity contribution in [1.29, 1.82) is 0 Å². The zero-order valence-electron chi connectivity index (χ0n) is 17.3. The third-order valence-electron chi connectivity index (χ3n) is 5.59. The van der Waals surface area contributed by atoms with Crippen LogP contribution in [0.2, 0.25) is 5.02 Å². The smallest absolute Gasteiger partial charge is 0.170 e. The van der Waals surface area contributed by atoms with Crippen LogP contribution in [0.1, 0.15) is 34.7 Å². The van der Waals surface area contributed by atoms with Crippen LogP contribution >= 0.6 is 23.8 Å². The van der Waals surface area contributed by atoms with E-state index in [2.05, 4.69) is 45.7 Å². The van der Waals surface area contributed by atoms with E-state index in [4.69, 9.17) is 28.6 Å². The maximum absolute atomic E-state index is 6.27. The number of benzene rings is 1. The zero-order chi connectivity index (χ0) is 21.3. The van der Waals surface area contributed by atoms with Crippen molar-refractivity contribution < 1.29 is 4.74 Å². The van der Waals surface area contributed by atoms with Gasteiger partial charge in [-0.05, 0) is 68.0 Å². The van der Waals surface area contributed by atoms with Gasteiger partial charge in [-0.2, -0.15) is 0 Å².